The number of nitrogens with zero attached hydrogens (tertiary/aromatic N) is 4. The van der Waals surface area contributed by atoms with Crippen LogP contribution in [0.5, 0.6) is 0 Å². The molecule has 0 atom stereocenters. The minimum atomic E-state index is -0.771. The molecular weight excluding hydrogens is 359 g/mol. The largest absolute Gasteiger partial charge is 0.480 e. The smallest absolute Gasteiger partial charge is 0.317 e. The van der Waals surface area contributed by atoms with Crippen molar-refractivity contribution in [3.8, 4) is 5.69 Å². The highest BCUT2D eigenvalue weighted by atomic mass is 19.1. The molecular formula is C21H27FN4O2. The lowest BCUT2D eigenvalue weighted by Crippen LogP contribution is -2.44. The summed E-state index contributed by atoms with van der Waals surface area (Å²) < 4.78 is 15.3. The summed E-state index contributed by atoms with van der Waals surface area (Å²) in [6.45, 7) is 2.83. The van der Waals surface area contributed by atoms with Gasteiger partial charge in [-0.3, -0.25) is 14.6 Å². The second-order valence-corrected chi connectivity index (χ2v) is 7.93. The number of hydrogen-bond acceptors (Lipinski definition) is 4. The Labute approximate surface area is 164 Å². The third-order valence-electron chi connectivity index (χ3n) is 6.02. The Kier molecular flexibility index (Phi) is 5.46. The van der Waals surface area contributed by atoms with Crippen molar-refractivity contribution in [2.24, 2.45) is 0 Å². The maximum atomic E-state index is 13.3. The molecule has 7 heteroatoms. The van der Waals surface area contributed by atoms with Gasteiger partial charge in [-0.1, -0.05) is 0 Å². The average Bonchev–Trinajstić information content (AvgIpc) is 3.26. The van der Waals surface area contributed by atoms with Gasteiger partial charge in [0.15, 0.2) is 0 Å². The summed E-state index contributed by atoms with van der Waals surface area (Å²) in [4.78, 5) is 15.3. The number of halogens is 1. The number of aromatic nitrogens is 2. The molecule has 2 heterocycles. The number of hydrogen-bond donors (Lipinski definition) is 1. The van der Waals surface area contributed by atoms with Gasteiger partial charge >= 0.3 is 5.97 Å². The van der Waals surface area contributed by atoms with Gasteiger partial charge in [0.2, 0.25) is 0 Å². The molecule has 0 radical (unpaired) electrons. The second-order valence-electron chi connectivity index (χ2n) is 7.93. The van der Waals surface area contributed by atoms with E-state index in [2.05, 4.69) is 4.90 Å². The topological polar surface area (TPSA) is 61.6 Å². The van der Waals surface area contributed by atoms with Gasteiger partial charge in [0, 0.05) is 31.4 Å². The van der Waals surface area contributed by atoms with Gasteiger partial charge in [-0.15, -0.1) is 0 Å². The van der Waals surface area contributed by atoms with Crippen LogP contribution in [0.25, 0.3) is 5.69 Å². The van der Waals surface area contributed by atoms with Crippen LogP contribution in [-0.4, -0.2) is 63.4 Å². The first kappa shape index (κ1) is 19.1. The normalized spacial score (nSPS) is 18.0. The fourth-order valence-electron chi connectivity index (χ4n) is 4.51. The molecule has 1 saturated heterocycles. The lowest BCUT2D eigenvalue weighted by atomic mass is 10.0. The van der Waals surface area contributed by atoms with E-state index >= 15 is 0 Å². The Morgan fingerprint density at radius 2 is 1.96 bits per heavy atom. The van der Waals surface area contributed by atoms with Crippen LogP contribution in [0.4, 0.5) is 4.39 Å². The summed E-state index contributed by atoms with van der Waals surface area (Å²) in [6, 6.07) is 6.87. The van der Waals surface area contributed by atoms with Crippen molar-refractivity contribution in [1.82, 2.24) is 19.6 Å². The van der Waals surface area contributed by atoms with E-state index in [-0.39, 0.29) is 12.4 Å². The number of likely N-dealkylation sites (N-methyl/N-ethyl adjacent to an activating group) is 1. The van der Waals surface area contributed by atoms with Crippen LogP contribution in [0.15, 0.2) is 24.3 Å². The van der Waals surface area contributed by atoms with Crippen LogP contribution in [-0.2, 0) is 24.2 Å². The van der Waals surface area contributed by atoms with E-state index in [4.69, 9.17) is 10.2 Å². The van der Waals surface area contributed by atoms with Gasteiger partial charge in [-0.05, 0) is 69.0 Å². The van der Waals surface area contributed by atoms with Gasteiger partial charge < -0.3 is 5.11 Å². The van der Waals surface area contributed by atoms with Gasteiger partial charge in [0.05, 0.1) is 17.9 Å². The summed E-state index contributed by atoms with van der Waals surface area (Å²) >= 11 is 0. The first-order valence-corrected chi connectivity index (χ1v) is 10.0. The van der Waals surface area contributed by atoms with Crippen LogP contribution in [0.2, 0.25) is 0 Å². The highest BCUT2D eigenvalue weighted by Gasteiger charge is 2.27. The van der Waals surface area contributed by atoms with E-state index in [1.54, 1.807) is 12.1 Å². The van der Waals surface area contributed by atoms with Gasteiger partial charge in [-0.2, -0.15) is 5.10 Å². The van der Waals surface area contributed by atoms with Gasteiger partial charge in [0.1, 0.15) is 5.82 Å². The lowest BCUT2D eigenvalue weighted by Gasteiger charge is -2.35. The molecule has 0 amide bonds. The third kappa shape index (κ3) is 3.95. The predicted molar refractivity (Wildman–Crippen MR) is 104 cm³/mol. The zero-order valence-electron chi connectivity index (χ0n) is 16.3. The summed E-state index contributed by atoms with van der Waals surface area (Å²) in [7, 11) is 1.89. The molecule has 1 N–H and O–H groups in total. The number of carbonyl (C=O) groups is 1. The molecule has 28 heavy (non-hydrogen) atoms. The van der Waals surface area contributed by atoms with Crippen LogP contribution >= 0.6 is 0 Å². The SMILES string of the molecule is CN(CC(=O)O)C1CCN(Cc2nn(-c3ccc(F)cc3)c3c2CCC3)CC1. The van der Waals surface area contributed by atoms with Crippen molar-refractivity contribution < 1.29 is 14.3 Å². The Morgan fingerprint density at radius 3 is 2.64 bits per heavy atom. The summed E-state index contributed by atoms with van der Waals surface area (Å²) in [5.41, 5.74) is 4.67. The number of carboxylic acid groups (broad SMARTS) is 1. The minimum absolute atomic E-state index is 0.0975. The Morgan fingerprint density at radius 1 is 1.25 bits per heavy atom. The minimum Gasteiger partial charge on any atom is -0.480 e. The molecule has 6 nitrogen and oxygen atoms in total. The molecule has 1 aliphatic carbocycles. The fourth-order valence-corrected chi connectivity index (χ4v) is 4.51. The van der Waals surface area contributed by atoms with Crippen LogP contribution < -0.4 is 0 Å². The maximum Gasteiger partial charge on any atom is 0.317 e. The third-order valence-corrected chi connectivity index (χ3v) is 6.02. The molecule has 4 rings (SSSR count). The van der Waals surface area contributed by atoms with E-state index in [0.717, 1.165) is 63.1 Å². The van der Waals surface area contributed by atoms with Crippen molar-refractivity contribution in [3.63, 3.8) is 0 Å². The molecule has 2 aliphatic rings. The zero-order chi connectivity index (χ0) is 19.7. The number of fused-ring (bicyclic) bond motifs is 1. The van der Waals surface area contributed by atoms with Crippen LogP contribution in [0.1, 0.15) is 36.2 Å². The highest BCUT2D eigenvalue weighted by molar-refractivity contribution is 5.69. The molecule has 0 unspecified atom stereocenters. The fraction of sp³-hybridized carbons (Fsp3) is 0.524. The molecule has 0 saturated carbocycles. The quantitative estimate of drug-likeness (QED) is 0.827. The zero-order valence-corrected chi connectivity index (χ0v) is 16.3. The number of rotatable bonds is 6. The molecule has 1 aromatic carbocycles. The number of carboxylic acids is 1. The summed E-state index contributed by atoms with van der Waals surface area (Å²) in [5, 5.41) is 13.9. The van der Waals surface area contributed by atoms with Crippen molar-refractivity contribution in [3.05, 3.63) is 47.0 Å². The average molecular weight is 386 g/mol. The molecule has 1 fully saturated rings. The Hall–Kier alpha value is -2.25. The Balaban J connectivity index is 1.44. The number of aliphatic carboxylic acids is 1. The van der Waals surface area contributed by atoms with E-state index < -0.39 is 5.97 Å². The van der Waals surface area contributed by atoms with Crippen molar-refractivity contribution in [2.75, 3.05) is 26.7 Å². The predicted octanol–water partition coefficient (Wildman–Crippen LogP) is 2.48. The number of likely N-dealkylation sites (tertiary alicyclic amines) is 1. The van der Waals surface area contributed by atoms with E-state index in [0.29, 0.717) is 6.04 Å². The van der Waals surface area contributed by atoms with Crippen molar-refractivity contribution in [1.29, 1.82) is 0 Å². The summed E-state index contributed by atoms with van der Waals surface area (Å²) in [5.74, 6) is -1.00. The molecule has 1 aromatic heterocycles. The molecule has 0 bridgehead atoms. The van der Waals surface area contributed by atoms with Crippen molar-refractivity contribution in [2.45, 2.75) is 44.7 Å². The maximum absolute atomic E-state index is 13.3. The number of benzene rings is 1. The first-order chi connectivity index (χ1) is 13.5. The molecule has 1 aliphatic heterocycles. The second kappa shape index (κ2) is 8.01. The molecule has 150 valence electrons. The van der Waals surface area contributed by atoms with E-state index in [1.807, 2.05) is 16.6 Å². The molecule has 0 spiro atoms. The lowest BCUT2D eigenvalue weighted by molar-refractivity contribution is -0.138. The number of piperidine rings is 1. The first-order valence-electron chi connectivity index (χ1n) is 10.0. The molecule has 2 aromatic rings. The van der Waals surface area contributed by atoms with Gasteiger partial charge in [-0.25, -0.2) is 9.07 Å². The highest BCUT2D eigenvalue weighted by Crippen LogP contribution is 2.29. The van der Waals surface area contributed by atoms with Crippen molar-refractivity contribution >= 4 is 5.97 Å². The van der Waals surface area contributed by atoms with Crippen LogP contribution in [0.3, 0.4) is 0 Å². The Bertz CT molecular complexity index is 841. The van der Waals surface area contributed by atoms with E-state index in [1.165, 1.54) is 23.4 Å². The van der Waals surface area contributed by atoms with Crippen LogP contribution in [0, 0.1) is 5.82 Å². The van der Waals surface area contributed by atoms with Gasteiger partial charge in [0.25, 0.3) is 0 Å². The monoisotopic (exact) mass is 386 g/mol. The summed E-state index contributed by atoms with van der Waals surface area (Å²) in [6.07, 6.45) is 5.17. The standard InChI is InChI=1S/C21H27FN4O2/c1-24(14-21(27)28)16-9-11-25(12-10-16)13-19-18-3-2-4-20(18)26(23-19)17-7-5-15(22)6-8-17/h5-8,16H,2-4,9-14H2,1H3,(H,27,28). The van der Waals surface area contributed by atoms with E-state index in [9.17, 15) is 9.18 Å².